The summed E-state index contributed by atoms with van der Waals surface area (Å²) < 4.78 is 23.1. The van der Waals surface area contributed by atoms with Gasteiger partial charge in [0.15, 0.2) is 9.84 Å². The fourth-order valence-electron chi connectivity index (χ4n) is 1.55. The maximum absolute atomic E-state index is 11.5. The van der Waals surface area contributed by atoms with Crippen LogP contribution in [0.5, 0.6) is 0 Å². The van der Waals surface area contributed by atoms with Crippen LogP contribution in [0, 0.1) is 0 Å². The molecule has 0 aromatic heterocycles. The van der Waals surface area contributed by atoms with Crippen LogP contribution in [0.4, 0.5) is 5.69 Å². The van der Waals surface area contributed by atoms with Crippen molar-refractivity contribution in [3.05, 3.63) is 24.3 Å². The fourth-order valence-corrected chi connectivity index (χ4v) is 2.41. The average molecular weight is 256 g/mol. The molecule has 2 N–H and O–H groups in total. The molecule has 5 heteroatoms. The Morgan fingerprint density at radius 3 is 2.53 bits per heavy atom. The summed E-state index contributed by atoms with van der Waals surface area (Å²) in [6.45, 7) is 4.72. The standard InChI is InChI=1S/C12H20N2O2S/c1-3-13-9-6-10-14-11-7-4-5-8-12(11)17(2,15)16/h4-5,7-8,13-14H,3,6,9-10H2,1-2H3. The Balaban J connectivity index is 2.59. The summed E-state index contributed by atoms with van der Waals surface area (Å²) >= 11 is 0. The Bertz CT molecular complexity index is 444. The van der Waals surface area contributed by atoms with E-state index in [0.717, 1.165) is 26.1 Å². The molecule has 0 aliphatic carbocycles. The smallest absolute Gasteiger partial charge is 0.177 e. The molecule has 0 aliphatic heterocycles. The van der Waals surface area contributed by atoms with Crippen LogP contribution >= 0.6 is 0 Å². The summed E-state index contributed by atoms with van der Waals surface area (Å²) in [5, 5.41) is 6.38. The summed E-state index contributed by atoms with van der Waals surface area (Å²) in [6, 6.07) is 6.99. The van der Waals surface area contributed by atoms with Gasteiger partial charge in [-0.15, -0.1) is 0 Å². The molecule has 4 nitrogen and oxygen atoms in total. The van der Waals surface area contributed by atoms with E-state index in [1.54, 1.807) is 18.2 Å². The molecule has 0 amide bonds. The van der Waals surface area contributed by atoms with Crippen LogP contribution < -0.4 is 10.6 Å². The minimum atomic E-state index is -3.16. The second kappa shape index (κ2) is 6.61. The molecule has 0 radical (unpaired) electrons. The normalized spacial score (nSPS) is 11.4. The maximum Gasteiger partial charge on any atom is 0.177 e. The maximum atomic E-state index is 11.5. The monoisotopic (exact) mass is 256 g/mol. The number of hydrogen-bond acceptors (Lipinski definition) is 4. The van der Waals surface area contributed by atoms with E-state index in [0.29, 0.717) is 10.6 Å². The van der Waals surface area contributed by atoms with Gasteiger partial charge in [0.2, 0.25) is 0 Å². The molecule has 17 heavy (non-hydrogen) atoms. The van der Waals surface area contributed by atoms with E-state index >= 15 is 0 Å². The second-order valence-corrected chi connectivity index (χ2v) is 5.89. The van der Waals surface area contributed by atoms with Crippen LogP contribution in [0.1, 0.15) is 13.3 Å². The van der Waals surface area contributed by atoms with Gasteiger partial charge in [-0.1, -0.05) is 19.1 Å². The third-order valence-electron chi connectivity index (χ3n) is 2.38. The number of rotatable bonds is 7. The minimum Gasteiger partial charge on any atom is -0.384 e. The van der Waals surface area contributed by atoms with E-state index in [1.165, 1.54) is 6.26 Å². The SMILES string of the molecule is CCNCCCNc1ccccc1S(C)(=O)=O. The van der Waals surface area contributed by atoms with Gasteiger partial charge in [0.25, 0.3) is 0 Å². The van der Waals surface area contributed by atoms with Crippen molar-refractivity contribution in [2.24, 2.45) is 0 Å². The third-order valence-corrected chi connectivity index (χ3v) is 3.54. The van der Waals surface area contributed by atoms with Crippen molar-refractivity contribution in [1.82, 2.24) is 5.32 Å². The van der Waals surface area contributed by atoms with Crippen molar-refractivity contribution in [3.8, 4) is 0 Å². The largest absolute Gasteiger partial charge is 0.384 e. The number of para-hydroxylation sites is 1. The number of sulfone groups is 1. The van der Waals surface area contributed by atoms with Crippen molar-refractivity contribution in [2.45, 2.75) is 18.2 Å². The molecule has 0 spiro atoms. The first kappa shape index (κ1) is 14.0. The van der Waals surface area contributed by atoms with Gasteiger partial charge in [-0.25, -0.2) is 8.42 Å². The molecule has 1 aromatic carbocycles. The Hall–Kier alpha value is -1.07. The first-order valence-electron chi connectivity index (χ1n) is 5.79. The average Bonchev–Trinajstić information content (AvgIpc) is 2.28. The summed E-state index contributed by atoms with van der Waals surface area (Å²) in [7, 11) is -3.16. The van der Waals surface area contributed by atoms with Crippen LogP contribution in [0.25, 0.3) is 0 Å². The molecule has 0 saturated carbocycles. The highest BCUT2D eigenvalue weighted by molar-refractivity contribution is 7.90. The second-order valence-electron chi connectivity index (χ2n) is 3.90. The molecule has 0 bridgehead atoms. The molecule has 1 rings (SSSR count). The van der Waals surface area contributed by atoms with Gasteiger partial charge in [-0.3, -0.25) is 0 Å². The molecule has 0 aliphatic rings. The zero-order valence-electron chi connectivity index (χ0n) is 10.4. The van der Waals surface area contributed by atoms with E-state index in [9.17, 15) is 8.42 Å². The minimum absolute atomic E-state index is 0.364. The number of benzene rings is 1. The Labute approximate surface area is 103 Å². The van der Waals surface area contributed by atoms with E-state index in [2.05, 4.69) is 17.6 Å². The third kappa shape index (κ3) is 4.75. The topological polar surface area (TPSA) is 58.2 Å². The van der Waals surface area contributed by atoms with Crippen LogP contribution in [0.2, 0.25) is 0 Å². The van der Waals surface area contributed by atoms with Crippen molar-refractivity contribution in [3.63, 3.8) is 0 Å². The van der Waals surface area contributed by atoms with Gasteiger partial charge >= 0.3 is 0 Å². The van der Waals surface area contributed by atoms with Gasteiger partial charge in [0.05, 0.1) is 10.6 Å². The van der Waals surface area contributed by atoms with Crippen LogP contribution in [-0.2, 0) is 9.84 Å². The van der Waals surface area contributed by atoms with Crippen molar-refractivity contribution >= 4 is 15.5 Å². The molecule has 1 aromatic rings. The lowest BCUT2D eigenvalue weighted by atomic mass is 10.3. The lowest BCUT2D eigenvalue weighted by Crippen LogP contribution is -2.17. The van der Waals surface area contributed by atoms with Crippen LogP contribution in [0.3, 0.4) is 0 Å². The summed E-state index contributed by atoms with van der Waals surface area (Å²) in [6.07, 6.45) is 2.19. The summed E-state index contributed by atoms with van der Waals surface area (Å²) in [4.78, 5) is 0.364. The zero-order chi connectivity index (χ0) is 12.7. The van der Waals surface area contributed by atoms with Crippen LogP contribution in [-0.4, -0.2) is 34.3 Å². The fraction of sp³-hybridized carbons (Fsp3) is 0.500. The molecule has 96 valence electrons. The molecule has 0 saturated heterocycles. The van der Waals surface area contributed by atoms with E-state index in [-0.39, 0.29) is 0 Å². The predicted molar refractivity (Wildman–Crippen MR) is 71.2 cm³/mol. The van der Waals surface area contributed by atoms with Crippen molar-refractivity contribution in [1.29, 1.82) is 0 Å². The molecule has 0 heterocycles. The summed E-state index contributed by atoms with van der Waals surface area (Å²) in [5.74, 6) is 0. The van der Waals surface area contributed by atoms with Crippen molar-refractivity contribution in [2.75, 3.05) is 31.2 Å². The van der Waals surface area contributed by atoms with E-state index < -0.39 is 9.84 Å². The lowest BCUT2D eigenvalue weighted by Gasteiger charge is -2.10. The zero-order valence-corrected chi connectivity index (χ0v) is 11.2. The van der Waals surface area contributed by atoms with Crippen molar-refractivity contribution < 1.29 is 8.42 Å². The molecule has 0 atom stereocenters. The lowest BCUT2D eigenvalue weighted by molar-refractivity contribution is 0.602. The molecular formula is C12H20N2O2S. The van der Waals surface area contributed by atoms with Gasteiger partial charge in [0.1, 0.15) is 0 Å². The number of hydrogen-bond donors (Lipinski definition) is 2. The van der Waals surface area contributed by atoms with Crippen LogP contribution in [0.15, 0.2) is 29.2 Å². The quantitative estimate of drug-likeness (QED) is 0.726. The van der Waals surface area contributed by atoms with E-state index in [4.69, 9.17) is 0 Å². The number of anilines is 1. The van der Waals surface area contributed by atoms with Gasteiger partial charge in [0, 0.05) is 12.8 Å². The van der Waals surface area contributed by atoms with Gasteiger partial charge in [-0.05, 0) is 31.6 Å². The first-order valence-corrected chi connectivity index (χ1v) is 7.68. The molecule has 0 fully saturated rings. The predicted octanol–water partition coefficient (Wildman–Crippen LogP) is 1.50. The van der Waals surface area contributed by atoms with Gasteiger partial charge < -0.3 is 10.6 Å². The Morgan fingerprint density at radius 2 is 1.88 bits per heavy atom. The Kier molecular flexibility index (Phi) is 5.44. The Morgan fingerprint density at radius 1 is 1.18 bits per heavy atom. The highest BCUT2D eigenvalue weighted by Crippen LogP contribution is 2.20. The molecular weight excluding hydrogens is 236 g/mol. The first-order chi connectivity index (χ1) is 8.05. The highest BCUT2D eigenvalue weighted by Gasteiger charge is 2.11. The molecule has 0 unspecified atom stereocenters. The summed E-state index contributed by atoms with van der Waals surface area (Å²) in [5.41, 5.74) is 0.687. The van der Waals surface area contributed by atoms with Gasteiger partial charge in [-0.2, -0.15) is 0 Å². The number of nitrogens with one attached hydrogen (secondary N) is 2. The highest BCUT2D eigenvalue weighted by atomic mass is 32.2. The van der Waals surface area contributed by atoms with E-state index in [1.807, 2.05) is 6.07 Å².